The van der Waals surface area contributed by atoms with Crippen molar-refractivity contribution in [2.75, 3.05) is 6.54 Å². The summed E-state index contributed by atoms with van der Waals surface area (Å²) in [5.74, 6) is -0.0270. The average Bonchev–Trinajstić information content (AvgIpc) is 3.65. The Hall–Kier alpha value is -2.63. The van der Waals surface area contributed by atoms with E-state index in [2.05, 4.69) is 24.1 Å². The summed E-state index contributed by atoms with van der Waals surface area (Å²) >= 11 is 0. The molecular weight excluding hydrogens is 434 g/mol. The number of nitrogens with zero attached hydrogens (tertiary/aromatic N) is 1. The third kappa shape index (κ3) is 12.6. The Balaban J connectivity index is 0.000000575. The minimum atomic E-state index is -0.396. The van der Waals surface area contributed by atoms with Gasteiger partial charge in [0.2, 0.25) is 0 Å². The minimum Gasteiger partial charge on any atom is -0.352 e. The number of hydrogen-bond donors (Lipinski definition) is 1. The van der Waals surface area contributed by atoms with Crippen LogP contribution in [0.4, 0.5) is 8.78 Å². The molecule has 1 aromatic carbocycles. The molecule has 190 valence electrons. The third-order valence-electron chi connectivity index (χ3n) is 5.09. The Bertz CT molecular complexity index is 813. The fraction of sp³-hybridized carbons (Fsp3) is 0.536. The van der Waals surface area contributed by atoms with E-state index in [4.69, 9.17) is 4.79 Å². The lowest BCUT2D eigenvalue weighted by molar-refractivity contribution is -0.106. The van der Waals surface area contributed by atoms with E-state index in [-0.39, 0.29) is 17.4 Å². The second-order valence-corrected chi connectivity index (χ2v) is 7.98. The lowest BCUT2D eigenvalue weighted by Gasteiger charge is -2.16. The molecule has 34 heavy (non-hydrogen) atoms. The van der Waals surface area contributed by atoms with Gasteiger partial charge >= 0.3 is 0 Å². The lowest BCUT2D eigenvalue weighted by atomic mass is 9.98. The van der Waals surface area contributed by atoms with Crippen LogP contribution >= 0.6 is 0 Å². The quantitative estimate of drug-likeness (QED) is 0.404. The van der Waals surface area contributed by atoms with Gasteiger partial charge in [0, 0.05) is 29.6 Å². The lowest BCUT2D eigenvalue weighted by Crippen LogP contribution is -2.29. The van der Waals surface area contributed by atoms with E-state index < -0.39 is 11.6 Å². The Kier molecular flexibility index (Phi) is 17.3. The number of pyridine rings is 1. The molecule has 1 aromatic heterocycles. The summed E-state index contributed by atoms with van der Waals surface area (Å²) in [6.07, 6.45) is 9.01. The Morgan fingerprint density at radius 2 is 1.65 bits per heavy atom. The molecule has 1 heterocycles. The smallest absolute Gasteiger partial charge is 0.251 e. The topological polar surface area (TPSA) is 59.1 Å². The van der Waals surface area contributed by atoms with Crippen LogP contribution in [-0.2, 0) is 4.79 Å². The highest BCUT2D eigenvalue weighted by atomic mass is 19.1. The molecule has 0 spiro atoms. The molecule has 1 saturated carbocycles. The maximum absolute atomic E-state index is 12.9. The number of aryl methyl sites for hydroxylation is 1. The van der Waals surface area contributed by atoms with Crippen LogP contribution in [0.15, 0.2) is 36.5 Å². The summed E-state index contributed by atoms with van der Waals surface area (Å²) in [4.78, 5) is 24.9. The second kappa shape index (κ2) is 18.8. The Labute approximate surface area is 204 Å². The van der Waals surface area contributed by atoms with E-state index in [1.165, 1.54) is 50.8 Å². The summed E-state index contributed by atoms with van der Waals surface area (Å²) in [5.41, 5.74) is 1.86. The van der Waals surface area contributed by atoms with Crippen molar-refractivity contribution in [2.45, 2.75) is 86.0 Å². The van der Waals surface area contributed by atoms with Gasteiger partial charge in [-0.25, -0.2) is 8.78 Å². The van der Waals surface area contributed by atoms with E-state index in [0.717, 1.165) is 31.4 Å². The van der Waals surface area contributed by atoms with Crippen LogP contribution < -0.4 is 5.32 Å². The van der Waals surface area contributed by atoms with E-state index in [1.807, 2.05) is 26.8 Å². The molecule has 0 aliphatic heterocycles. The first-order chi connectivity index (χ1) is 16.4. The molecule has 4 nitrogen and oxygen atoms in total. The zero-order valence-corrected chi connectivity index (χ0v) is 21.7. The highest BCUT2D eigenvalue weighted by Gasteiger charge is 2.29. The number of amides is 1. The van der Waals surface area contributed by atoms with Crippen molar-refractivity contribution in [1.29, 1.82) is 0 Å². The van der Waals surface area contributed by atoms with Crippen molar-refractivity contribution in [3.63, 3.8) is 0 Å². The van der Waals surface area contributed by atoms with Crippen LogP contribution in [0, 0.1) is 24.5 Å². The molecule has 1 fully saturated rings. The maximum Gasteiger partial charge on any atom is 0.251 e. The molecule has 0 atom stereocenters. The van der Waals surface area contributed by atoms with E-state index in [9.17, 15) is 13.6 Å². The number of nitrogens with one attached hydrogen (secondary N) is 1. The summed E-state index contributed by atoms with van der Waals surface area (Å²) < 4.78 is 25.8. The van der Waals surface area contributed by atoms with Gasteiger partial charge in [-0.05, 0) is 75.6 Å². The number of aromatic nitrogens is 1. The number of aldehydes is 1. The molecule has 6 heteroatoms. The molecule has 1 aliphatic rings. The molecule has 0 bridgehead atoms. The second-order valence-electron chi connectivity index (χ2n) is 7.98. The van der Waals surface area contributed by atoms with Crippen LogP contribution in [-0.4, -0.2) is 23.7 Å². The first-order valence-corrected chi connectivity index (χ1v) is 12.4. The normalized spacial score (nSPS) is 11.7. The van der Waals surface area contributed by atoms with Crippen LogP contribution in [0.1, 0.15) is 101 Å². The predicted molar refractivity (Wildman–Crippen MR) is 136 cm³/mol. The van der Waals surface area contributed by atoms with Gasteiger partial charge in [0.05, 0.1) is 0 Å². The van der Waals surface area contributed by atoms with Gasteiger partial charge in [-0.15, -0.1) is 0 Å². The number of rotatable bonds is 8. The molecule has 2 aromatic rings. The fourth-order valence-corrected chi connectivity index (χ4v) is 3.46. The summed E-state index contributed by atoms with van der Waals surface area (Å²) in [6.45, 7) is 12.5. The maximum atomic E-state index is 12.9. The van der Waals surface area contributed by atoms with Gasteiger partial charge in [-0.1, -0.05) is 46.6 Å². The standard InChI is InChI=1S/C15H24N2O.C9H8F2.C2H4O.C2H6/c1-4-6-13(7-5-2)11-17-15(18)14-8-9-16-12(3)10-14;10-7-2-1-3-8(11)9(7)6-4-5-6;1-2-3;1-2/h8-10,13H,4-7,11H2,1-3H3,(H,17,18);1-3,6H,4-5H2;2H,1H3;1-2H3. The van der Waals surface area contributed by atoms with Gasteiger partial charge in [0.15, 0.2) is 0 Å². The molecule has 1 N–H and O–H groups in total. The SMILES string of the molecule is CC.CC=O.CCCC(CCC)CNC(=O)c1ccnc(C)c1.Fc1cccc(F)c1C1CC1. The zero-order valence-electron chi connectivity index (χ0n) is 21.7. The van der Waals surface area contributed by atoms with Gasteiger partial charge in [0.1, 0.15) is 17.9 Å². The molecule has 0 unspecified atom stereocenters. The summed E-state index contributed by atoms with van der Waals surface area (Å²) in [6, 6.07) is 7.62. The predicted octanol–water partition coefficient (Wildman–Crippen LogP) is 7.41. The largest absolute Gasteiger partial charge is 0.352 e. The van der Waals surface area contributed by atoms with Crippen molar-refractivity contribution in [3.05, 3.63) is 65.0 Å². The molecule has 0 saturated heterocycles. The first kappa shape index (κ1) is 31.4. The van der Waals surface area contributed by atoms with E-state index in [1.54, 1.807) is 12.3 Å². The first-order valence-electron chi connectivity index (χ1n) is 12.4. The minimum absolute atomic E-state index is 0.0118. The highest BCUT2D eigenvalue weighted by Crippen LogP contribution is 2.42. The van der Waals surface area contributed by atoms with Gasteiger partial charge in [0.25, 0.3) is 5.91 Å². The Morgan fingerprint density at radius 3 is 2.09 bits per heavy atom. The monoisotopic (exact) mass is 476 g/mol. The van der Waals surface area contributed by atoms with Crippen molar-refractivity contribution in [3.8, 4) is 0 Å². The molecule has 1 amide bonds. The molecular formula is C28H42F2N2O2. The summed E-state index contributed by atoms with van der Waals surface area (Å²) in [5, 5.41) is 3.03. The van der Waals surface area contributed by atoms with Gasteiger partial charge in [-0.2, -0.15) is 0 Å². The number of halogens is 2. The fourth-order valence-electron chi connectivity index (χ4n) is 3.46. The number of carbonyl (C=O) groups excluding carboxylic acids is 2. The number of hydrogen-bond acceptors (Lipinski definition) is 3. The van der Waals surface area contributed by atoms with E-state index in [0.29, 0.717) is 11.5 Å². The van der Waals surface area contributed by atoms with Gasteiger partial charge < -0.3 is 10.1 Å². The summed E-state index contributed by atoms with van der Waals surface area (Å²) in [7, 11) is 0. The van der Waals surface area contributed by atoms with Gasteiger partial charge in [-0.3, -0.25) is 9.78 Å². The Morgan fingerprint density at radius 1 is 1.12 bits per heavy atom. The molecule has 3 rings (SSSR count). The van der Waals surface area contributed by atoms with Crippen LogP contribution in [0.25, 0.3) is 0 Å². The average molecular weight is 477 g/mol. The third-order valence-corrected chi connectivity index (χ3v) is 5.09. The van der Waals surface area contributed by atoms with Crippen molar-refractivity contribution < 1.29 is 18.4 Å². The van der Waals surface area contributed by atoms with Crippen LogP contribution in [0.2, 0.25) is 0 Å². The number of benzene rings is 1. The van der Waals surface area contributed by atoms with Crippen molar-refractivity contribution in [2.24, 2.45) is 5.92 Å². The van der Waals surface area contributed by atoms with E-state index >= 15 is 0 Å². The van der Waals surface area contributed by atoms with Crippen LogP contribution in [0.5, 0.6) is 0 Å². The van der Waals surface area contributed by atoms with Crippen molar-refractivity contribution in [1.82, 2.24) is 10.3 Å². The molecule has 0 radical (unpaired) electrons. The van der Waals surface area contributed by atoms with Crippen LogP contribution in [0.3, 0.4) is 0 Å². The highest BCUT2D eigenvalue weighted by molar-refractivity contribution is 5.94. The van der Waals surface area contributed by atoms with Crippen molar-refractivity contribution >= 4 is 12.2 Å². The zero-order chi connectivity index (χ0) is 25.9. The number of carbonyl (C=O) groups is 2. The molecule has 1 aliphatic carbocycles.